The summed E-state index contributed by atoms with van der Waals surface area (Å²) in [6, 6.07) is 3.90. The fourth-order valence-corrected chi connectivity index (χ4v) is 1.62. The predicted octanol–water partition coefficient (Wildman–Crippen LogP) is 2.03. The lowest BCUT2D eigenvalue weighted by molar-refractivity contribution is 0.207. The Bertz CT molecular complexity index is 366. The molecular formula is C13H20FNO2. The number of aliphatic hydroxyl groups is 1. The van der Waals surface area contributed by atoms with Crippen LogP contribution in [0.15, 0.2) is 18.2 Å². The van der Waals surface area contributed by atoms with Crippen molar-refractivity contribution in [3.05, 3.63) is 29.6 Å². The lowest BCUT2D eigenvalue weighted by atomic mass is 9.90. The molecule has 0 radical (unpaired) electrons. The van der Waals surface area contributed by atoms with Gasteiger partial charge in [-0.3, -0.25) is 0 Å². The molecule has 17 heavy (non-hydrogen) atoms. The second-order valence-corrected chi connectivity index (χ2v) is 5.01. The summed E-state index contributed by atoms with van der Waals surface area (Å²) in [5.41, 5.74) is 0.530. The largest absolute Gasteiger partial charge is 0.508 e. The van der Waals surface area contributed by atoms with E-state index in [1.807, 2.05) is 13.8 Å². The first-order valence-electron chi connectivity index (χ1n) is 5.73. The van der Waals surface area contributed by atoms with Crippen molar-refractivity contribution in [2.75, 3.05) is 13.2 Å². The number of benzene rings is 1. The van der Waals surface area contributed by atoms with Crippen LogP contribution in [-0.4, -0.2) is 23.4 Å². The minimum absolute atomic E-state index is 0.0162. The predicted molar refractivity (Wildman–Crippen MR) is 65.3 cm³/mol. The summed E-state index contributed by atoms with van der Waals surface area (Å²) in [5, 5.41) is 21.6. The zero-order chi connectivity index (χ0) is 12.9. The minimum atomic E-state index is -0.353. The number of phenolic OH excluding ortho intramolecular Hbond substituents is 1. The Morgan fingerprint density at radius 1 is 1.35 bits per heavy atom. The van der Waals surface area contributed by atoms with Crippen LogP contribution in [-0.2, 0) is 6.54 Å². The van der Waals surface area contributed by atoms with Crippen molar-refractivity contribution < 1.29 is 14.6 Å². The molecule has 0 aliphatic heterocycles. The molecule has 0 atom stereocenters. The summed E-state index contributed by atoms with van der Waals surface area (Å²) in [6.45, 7) is 5.35. The van der Waals surface area contributed by atoms with E-state index in [0.29, 0.717) is 25.1 Å². The monoisotopic (exact) mass is 241 g/mol. The highest BCUT2D eigenvalue weighted by Crippen LogP contribution is 2.20. The van der Waals surface area contributed by atoms with Crippen molar-refractivity contribution in [3.8, 4) is 5.75 Å². The highest BCUT2D eigenvalue weighted by molar-refractivity contribution is 5.32. The molecule has 0 bridgehead atoms. The van der Waals surface area contributed by atoms with Crippen molar-refractivity contribution in [3.63, 3.8) is 0 Å². The van der Waals surface area contributed by atoms with E-state index in [1.54, 1.807) is 0 Å². The molecule has 1 aromatic carbocycles. The number of halogens is 1. The molecule has 3 nitrogen and oxygen atoms in total. The number of rotatable bonds is 6. The van der Waals surface area contributed by atoms with Crippen LogP contribution in [0, 0.1) is 11.2 Å². The van der Waals surface area contributed by atoms with E-state index in [4.69, 9.17) is 5.11 Å². The van der Waals surface area contributed by atoms with Gasteiger partial charge < -0.3 is 15.5 Å². The van der Waals surface area contributed by atoms with Gasteiger partial charge in [0, 0.05) is 25.3 Å². The van der Waals surface area contributed by atoms with Gasteiger partial charge in [-0.15, -0.1) is 0 Å². The summed E-state index contributed by atoms with van der Waals surface area (Å²) >= 11 is 0. The first-order valence-corrected chi connectivity index (χ1v) is 5.73. The van der Waals surface area contributed by atoms with Crippen molar-refractivity contribution in [1.82, 2.24) is 5.32 Å². The Morgan fingerprint density at radius 2 is 2.06 bits per heavy atom. The van der Waals surface area contributed by atoms with Crippen LogP contribution in [0.1, 0.15) is 25.8 Å². The van der Waals surface area contributed by atoms with Gasteiger partial charge in [-0.2, -0.15) is 0 Å². The molecule has 0 aliphatic rings. The second-order valence-electron chi connectivity index (χ2n) is 5.01. The standard InChI is InChI=1S/C13H20FNO2/c1-13(2,5-6-16)9-15-8-10-7-11(14)3-4-12(10)17/h3-4,7,15-17H,5-6,8-9H2,1-2H3. The maximum atomic E-state index is 13.0. The lowest BCUT2D eigenvalue weighted by Gasteiger charge is -2.24. The van der Waals surface area contributed by atoms with E-state index in [2.05, 4.69) is 5.32 Å². The maximum Gasteiger partial charge on any atom is 0.123 e. The van der Waals surface area contributed by atoms with Crippen LogP contribution >= 0.6 is 0 Å². The number of aromatic hydroxyl groups is 1. The molecule has 0 saturated heterocycles. The molecule has 3 N–H and O–H groups in total. The molecule has 0 spiro atoms. The maximum absolute atomic E-state index is 13.0. The van der Waals surface area contributed by atoms with Gasteiger partial charge in [0.25, 0.3) is 0 Å². The van der Waals surface area contributed by atoms with Gasteiger partial charge in [-0.25, -0.2) is 4.39 Å². The summed E-state index contributed by atoms with van der Waals surface area (Å²) in [7, 11) is 0. The molecule has 0 heterocycles. The number of nitrogens with one attached hydrogen (secondary N) is 1. The third-order valence-corrected chi connectivity index (χ3v) is 2.75. The molecule has 0 unspecified atom stereocenters. The highest BCUT2D eigenvalue weighted by Gasteiger charge is 2.16. The van der Waals surface area contributed by atoms with E-state index < -0.39 is 0 Å². The van der Waals surface area contributed by atoms with Crippen LogP contribution in [0.25, 0.3) is 0 Å². The number of hydrogen-bond donors (Lipinski definition) is 3. The van der Waals surface area contributed by atoms with E-state index in [0.717, 1.165) is 0 Å². The third kappa shape index (κ3) is 4.71. The van der Waals surface area contributed by atoms with E-state index in [9.17, 15) is 9.50 Å². The van der Waals surface area contributed by atoms with Crippen LogP contribution < -0.4 is 5.32 Å². The number of hydrogen-bond acceptors (Lipinski definition) is 3. The first kappa shape index (κ1) is 13.9. The van der Waals surface area contributed by atoms with Gasteiger partial charge in [0.05, 0.1) is 0 Å². The van der Waals surface area contributed by atoms with Gasteiger partial charge in [-0.1, -0.05) is 13.8 Å². The molecule has 0 amide bonds. The third-order valence-electron chi connectivity index (χ3n) is 2.75. The molecule has 0 aliphatic carbocycles. The number of aliphatic hydroxyl groups excluding tert-OH is 1. The van der Waals surface area contributed by atoms with Crippen molar-refractivity contribution in [2.24, 2.45) is 5.41 Å². The number of phenols is 1. The fraction of sp³-hybridized carbons (Fsp3) is 0.538. The lowest BCUT2D eigenvalue weighted by Crippen LogP contribution is -2.29. The van der Waals surface area contributed by atoms with E-state index in [-0.39, 0.29) is 23.6 Å². The summed E-state index contributed by atoms with van der Waals surface area (Å²) in [5.74, 6) is -0.256. The Hall–Kier alpha value is -1.13. The van der Waals surface area contributed by atoms with Crippen molar-refractivity contribution >= 4 is 0 Å². The van der Waals surface area contributed by atoms with Gasteiger partial charge in [0.15, 0.2) is 0 Å². The molecule has 4 heteroatoms. The van der Waals surface area contributed by atoms with Gasteiger partial charge >= 0.3 is 0 Å². The van der Waals surface area contributed by atoms with E-state index >= 15 is 0 Å². The molecular weight excluding hydrogens is 221 g/mol. The van der Waals surface area contributed by atoms with Gasteiger partial charge in [0.1, 0.15) is 11.6 Å². The SMILES string of the molecule is CC(C)(CCO)CNCc1cc(F)ccc1O. The average molecular weight is 241 g/mol. The summed E-state index contributed by atoms with van der Waals surface area (Å²) < 4.78 is 13.0. The van der Waals surface area contributed by atoms with Crippen molar-refractivity contribution in [1.29, 1.82) is 0 Å². The molecule has 1 rings (SSSR count). The minimum Gasteiger partial charge on any atom is -0.508 e. The Kier molecular flexibility index (Phi) is 4.90. The van der Waals surface area contributed by atoms with Crippen LogP contribution in [0.2, 0.25) is 0 Å². The molecule has 0 aromatic heterocycles. The Labute approximate surface area is 101 Å². The second kappa shape index (κ2) is 5.98. The first-order chi connectivity index (χ1) is 7.94. The quantitative estimate of drug-likeness (QED) is 0.714. The van der Waals surface area contributed by atoms with Crippen molar-refractivity contribution in [2.45, 2.75) is 26.8 Å². The highest BCUT2D eigenvalue weighted by atomic mass is 19.1. The Morgan fingerprint density at radius 3 is 2.71 bits per heavy atom. The van der Waals surface area contributed by atoms with Gasteiger partial charge in [0.2, 0.25) is 0 Å². The molecule has 96 valence electrons. The van der Waals surface area contributed by atoms with Gasteiger partial charge in [-0.05, 0) is 30.0 Å². The topological polar surface area (TPSA) is 52.5 Å². The van der Waals surface area contributed by atoms with Crippen LogP contribution in [0.3, 0.4) is 0 Å². The smallest absolute Gasteiger partial charge is 0.123 e. The van der Waals surface area contributed by atoms with Crippen LogP contribution in [0.5, 0.6) is 5.75 Å². The van der Waals surface area contributed by atoms with E-state index in [1.165, 1.54) is 18.2 Å². The Balaban J connectivity index is 2.48. The summed E-state index contributed by atoms with van der Waals surface area (Å²) in [4.78, 5) is 0. The zero-order valence-corrected chi connectivity index (χ0v) is 10.3. The zero-order valence-electron chi connectivity index (χ0n) is 10.3. The normalized spacial score (nSPS) is 11.8. The average Bonchev–Trinajstić information content (AvgIpc) is 2.23. The fourth-order valence-electron chi connectivity index (χ4n) is 1.62. The summed E-state index contributed by atoms with van der Waals surface area (Å²) in [6.07, 6.45) is 0.704. The van der Waals surface area contributed by atoms with Crippen LogP contribution in [0.4, 0.5) is 4.39 Å². The molecule has 0 fully saturated rings. The molecule has 0 saturated carbocycles. The molecule has 1 aromatic rings.